The highest BCUT2D eigenvalue weighted by Gasteiger charge is 2.11. The van der Waals surface area contributed by atoms with Gasteiger partial charge in [-0.25, -0.2) is 0 Å². The van der Waals surface area contributed by atoms with Gasteiger partial charge in [0.05, 0.1) is 6.61 Å². The topological polar surface area (TPSA) is 62.5 Å². The Labute approximate surface area is 112 Å². The zero-order chi connectivity index (χ0) is 14.0. The Morgan fingerprint density at radius 1 is 1.37 bits per heavy atom. The van der Waals surface area contributed by atoms with Crippen LogP contribution in [0, 0.1) is 6.92 Å². The number of carboxylic acids is 1. The monoisotopic (exact) mass is 261 g/mol. The van der Waals surface area contributed by atoms with Crippen LogP contribution in [0.25, 0.3) is 10.9 Å². The average Bonchev–Trinajstić information content (AvgIpc) is 2.66. The number of aromatic nitrogens is 1. The van der Waals surface area contributed by atoms with Crippen LogP contribution in [-0.4, -0.2) is 20.7 Å². The lowest BCUT2D eigenvalue weighted by atomic mass is 9.98. The van der Waals surface area contributed by atoms with Crippen molar-refractivity contribution in [3.63, 3.8) is 0 Å². The first-order chi connectivity index (χ1) is 9.04. The molecule has 4 nitrogen and oxygen atoms in total. The summed E-state index contributed by atoms with van der Waals surface area (Å²) in [6.45, 7) is 2.03. The fourth-order valence-electron chi connectivity index (χ4n) is 2.51. The van der Waals surface area contributed by atoms with E-state index in [0.717, 1.165) is 27.7 Å². The molecule has 102 valence electrons. The van der Waals surface area contributed by atoms with E-state index in [2.05, 4.69) is 10.6 Å². The van der Waals surface area contributed by atoms with Crippen molar-refractivity contribution in [2.75, 3.05) is 0 Å². The van der Waals surface area contributed by atoms with Gasteiger partial charge in [-0.15, -0.1) is 0 Å². The normalized spacial score (nSPS) is 11.1. The highest BCUT2D eigenvalue weighted by molar-refractivity contribution is 5.86. The Morgan fingerprint density at radius 3 is 2.74 bits per heavy atom. The van der Waals surface area contributed by atoms with Crippen LogP contribution in [0.1, 0.15) is 29.7 Å². The molecule has 0 aliphatic rings. The number of aryl methyl sites for hydroxylation is 3. The highest BCUT2D eigenvalue weighted by Crippen LogP contribution is 2.27. The van der Waals surface area contributed by atoms with Crippen molar-refractivity contribution in [2.24, 2.45) is 7.05 Å². The summed E-state index contributed by atoms with van der Waals surface area (Å²) in [5.74, 6) is -0.776. The minimum absolute atomic E-state index is 0.00765. The summed E-state index contributed by atoms with van der Waals surface area (Å²) in [6, 6.07) is 6.04. The van der Waals surface area contributed by atoms with Gasteiger partial charge in [0.25, 0.3) is 0 Å². The highest BCUT2D eigenvalue weighted by atomic mass is 16.4. The number of aliphatic carboxylic acids is 1. The fourth-order valence-corrected chi connectivity index (χ4v) is 2.51. The summed E-state index contributed by atoms with van der Waals surface area (Å²) in [5.41, 5.74) is 4.25. The maximum absolute atomic E-state index is 10.6. The maximum atomic E-state index is 10.6. The molecule has 0 bridgehead atoms. The van der Waals surface area contributed by atoms with E-state index in [1.165, 1.54) is 0 Å². The number of benzene rings is 1. The first-order valence-corrected chi connectivity index (χ1v) is 6.44. The van der Waals surface area contributed by atoms with E-state index in [4.69, 9.17) is 5.11 Å². The number of hydrogen-bond donors (Lipinski definition) is 2. The summed E-state index contributed by atoms with van der Waals surface area (Å²) in [6.07, 6.45) is 1.44. The van der Waals surface area contributed by atoms with Crippen molar-refractivity contribution in [2.45, 2.75) is 32.8 Å². The van der Waals surface area contributed by atoms with E-state index in [-0.39, 0.29) is 13.0 Å². The third-order valence-electron chi connectivity index (χ3n) is 3.66. The standard InChI is InChI=1S/C15H19NO3/c1-10-8-13-12(4-3-5-15(18)19)11(9-17)6-7-14(13)16(10)2/h6-8,17H,3-5,9H2,1-2H3,(H,18,19). The Bertz CT molecular complexity index is 613. The van der Waals surface area contributed by atoms with Crippen LogP contribution in [-0.2, 0) is 24.9 Å². The van der Waals surface area contributed by atoms with E-state index < -0.39 is 5.97 Å². The van der Waals surface area contributed by atoms with Crippen molar-refractivity contribution < 1.29 is 15.0 Å². The summed E-state index contributed by atoms with van der Waals surface area (Å²) >= 11 is 0. The van der Waals surface area contributed by atoms with Gasteiger partial charge in [-0.05, 0) is 43.0 Å². The Balaban J connectivity index is 2.42. The first kappa shape index (κ1) is 13.6. The fraction of sp³-hybridized carbons (Fsp3) is 0.400. The van der Waals surface area contributed by atoms with Crippen LogP contribution in [0.4, 0.5) is 0 Å². The lowest BCUT2D eigenvalue weighted by molar-refractivity contribution is -0.137. The number of carboxylic acid groups (broad SMARTS) is 1. The molecule has 19 heavy (non-hydrogen) atoms. The van der Waals surface area contributed by atoms with Gasteiger partial charge >= 0.3 is 5.97 Å². The van der Waals surface area contributed by atoms with E-state index >= 15 is 0 Å². The largest absolute Gasteiger partial charge is 0.481 e. The van der Waals surface area contributed by atoms with Crippen LogP contribution >= 0.6 is 0 Å². The summed E-state index contributed by atoms with van der Waals surface area (Å²) in [4.78, 5) is 10.6. The second-order valence-electron chi connectivity index (χ2n) is 4.89. The summed E-state index contributed by atoms with van der Waals surface area (Å²) < 4.78 is 2.11. The Kier molecular flexibility index (Phi) is 3.90. The molecule has 4 heteroatoms. The van der Waals surface area contributed by atoms with Gasteiger partial charge in [0.2, 0.25) is 0 Å². The molecule has 0 aliphatic heterocycles. The van der Waals surface area contributed by atoms with E-state index in [1.54, 1.807) is 0 Å². The molecule has 1 aromatic carbocycles. The zero-order valence-corrected chi connectivity index (χ0v) is 11.3. The molecule has 0 saturated carbocycles. The lowest BCUT2D eigenvalue weighted by Crippen LogP contribution is -2.00. The van der Waals surface area contributed by atoms with Crippen molar-refractivity contribution in [1.29, 1.82) is 0 Å². The molecule has 0 spiro atoms. The molecule has 0 amide bonds. The van der Waals surface area contributed by atoms with E-state index in [1.807, 2.05) is 26.1 Å². The van der Waals surface area contributed by atoms with Crippen molar-refractivity contribution in [1.82, 2.24) is 4.57 Å². The van der Waals surface area contributed by atoms with Gasteiger partial charge in [0.1, 0.15) is 0 Å². The summed E-state index contributed by atoms with van der Waals surface area (Å²) in [7, 11) is 2.01. The smallest absolute Gasteiger partial charge is 0.303 e. The molecular weight excluding hydrogens is 242 g/mol. The number of nitrogens with zero attached hydrogens (tertiary/aromatic N) is 1. The maximum Gasteiger partial charge on any atom is 0.303 e. The minimum Gasteiger partial charge on any atom is -0.481 e. The predicted octanol–water partition coefficient (Wildman–Crippen LogP) is 2.39. The second-order valence-corrected chi connectivity index (χ2v) is 4.89. The molecule has 1 heterocycles. The van der Waals surface area contributed by atoms with Crippen LogP contribution in [0.3, 0.4) is 0 Å². The third kappa shape index (κ3) is 2.63. The molecule has 2 N–H and O–H groups in total. The second kappa shape index (κ2) is 5.45. The molecular formula is C15H19NO3. The quantitative estimate of drug-likeness (QED) is 0.868. The van der Waals surface area contributed by atoms with Crippen molar-refractivity contribution in [3.8, 4) is 0 Å². The number of rotatable bonds is 5. The van der Waals surface area contributed by atoms with Crippen LogP contribution < -0.4 is 0 Å². The molecule has 0 radical (unpaired) electrons. The van der Waals surface area contributed by atoms with Crippen LogP contribution in [0.5, 0.6) is 0 Å². The van der Waals surface area contributed by atoms with Crippen LogP contribution in [0.2, 0.25) is 0 Å². The van der Waals surface area contributed by atoms with Crippen molar-refractivity contribution >= 4 is 16.9 Å². The number of aliphatic hydroxyl groups excluding tert-OH is 1. The average molecular weight is 261 g/mol. The molecule has 0 unspecified atom stereocenters. The third-order valence-corrected chi connectivity index (χ3v) is 3.66. The van der Waals surface area contributed by atoms with Gasteiger partial charge in [0, 0.05) is 30.1 Å². The van der Waals surface area contributed by atoms with E-state index in [0.29, 0.717) is 12.8 Å². The van der Waals surface area contributed by atoms with Gasteiger partial charge in [0.15, 0.2) is 0 Å². The molecule has 2 rings (SSSR count). The number of carbonyl (C=O) groups is 1. The minimum atomic E-state index is -0.776. The van der Waals surface area contributed by atoms with Gasteiger partial charge in [-0.2, -0.15) is 0 Å². The molecule has 1 aromatic heterocycles. The Morgan fingerprint density at radius 2 is 2.11 bits per heavy atom. The lowest BCUT2D eigenvalue weighted by Gasteiger charge is -2.09. The molecule has 0 fully saturated rings. The summed E-state index contributed by atoms with van der Waals surface area (Å²) in [5, 5.41) is 19.3. The van der Waals surface area contributed by atoms with Gasteiger partial charge in [-0.3, -0.25) is 4.79 Å². The molecule has 0 saturated heterocycles. The zero-order valence-electron chi connectivity index (χ0n) is 11.3. The number of hydrogen-bond acceptors (Lipinski definition) is 2. The van der Waals surface area contributed by atoms with Gasteiger partial charge < -0.3 is 14.8 Å². The van der Waals surface area contributed by atoms with Gasteiger partial charge in [-0.1, -0.05) is 6.07 Å². The van der Waals surface area contributed by atoms with Crippen molar-refractivity contribution in [3.05, 3.63) is 35.0 Å². The number of fused-ring (bicyclic) bond motifs is 1. The number of aliphatic hydroxyl groups is 1. The van der Waals surface area contributed by atoms with E-state index in [9.17, 15) is 9.90 Å². The Hall–Kier alpha value is -1.81. The predicted molar refractivity (Wildman–Crippen MR) is 74.2 cm³/mol. The first-order valence-electron chi connectivity index (χ1n) is 6.44. The molecule has 2 aromatic rings. The van der Waals surface area contributed by atoms with Crippen LogP contribution in [0.15, 0.2) is 18.2 Å². The SMILES string of the molecule is Cc1cc2c(CCCC(=O)O)c(CO)ccc2n1C. The molecule has 0 atom stereocenters. The molecule has 0 aliphatic carbocycles.